The summed E-state index contributed by atoms with van der Waals surface area (Å²) in [6.45, 7) is 0.521. The molecule has 6 nitrogen and oxygen atoms in total. The van der Waals surface area contributed by atoms with Crippen molar-refractivity contribution in [2.45, 2.75) is 6.42 Å². The molecule has 134 valence electrons. The molecule has 0 aliphatic heterocycles. The molecule has 0 spiro atoms. The third-order valence-corrected chi connectivity index (χ3v) is 3.92. The summed E-state index contributed by atoms with van der Waals surface area (Å²) in [6.07, 6.45) is 2.04. The number of hydrogen-bond acceptors (Lipinski definition) is 6. The third-order valence-electron chi connectivity index (χ3n) is 3.63. The summed E-state index contributed by atoms with van der Waals surface area (Å²) in [6, 6.07) is 11.9. The molecule has 3 rings (SSSR count). The zero-order valence-corrected chi connectivity index (χ0v) is 14.8. The molecular weight excluding hydrogens is 357 g/mol. The molecule has 1 heterocycles. The number of halogens is 2. The van der Waals surface area contributed by atoms with E-state index < -0.39 is 0 Å². The summed E-state index contributed by atoms with van der Waals surface area (Å²) in [5.74, 6) is 1.23. The summed E-state index contributed by atoms with van der Waals surface area (Å²) >= 11 is 6.10. The number of hydrogen-bond donors (Lipinski definition) is 2. The Morgan fingerprint density at radius 1 is 1.19 bits per heavy atom. The highest BCUT2D eigenvalue weighted by atomic mass is 35.5. The average molecular weight is 374 g/mol. The molecule has 3 aromatic rings. The van der Waals surface area contributed by atoms with Crippen LogP contribution in [0.15, 0.2) is 48.7 Å². The van der Waals surface area contributed by atoms with Gasteiger partial charge in [-0.2, -0.15) is 10.1 Å². The van der Waals surface area contributed by atoms with Crippen molar-refractivity contribution in [2.24, 2.45) is 0 Å². The maximum absolute atomic E-state index is 13.6. The second kappa shape index (κ2) is 8.44. The first-order valence-corrected chi connectivity index (χ1v) is 8.31. The van der Waals surface area contributed by atoms with Crippen molar-refractivity contribution in [1.82, 2.24) is 15.2 Å². The molecule has 26 heavy (non-hydrogen) atoms. The van der Waals surface area contributed by atoms with Crippen LogP contribution in [0.3, 0.4) is 0 Å². The number of rotatable bonds is 7. The SMILES string of the molecule is COc1ccc(Nc2nncc(NCCc3ccccc3F)n2)cc1Cl. The minimum Gasteiger partial charge on any atom is -0.495 e. The molecule has 0 atom stereocenters. The summed E-state index contributed by atoms with van der Waals surface area (Å²) < 4.78 is 18.7. The lowest BCUT2D eigenvalue weighted by atomic mass is 10.1. The van der Waals surface area contributed by atoms with Gasteiger partial charge >= 0.3 is 0 Å². The number of benzene rings is 2. The van der Waals surface area contributed by atoms with Crippen LogP contribution in [0.1, 0.15) is 5.56 Å². The van der Waals surface area contributed by atoms with E-state index in [1.54, 1.807) is 37.4 Å². The topological polar surface area (TPSA) is 72.0 Å². The van der Waals surface area contributed by atoms with E-state index in [1.807, 2.05) is 6.07 Å². The Kier molecular flexibility index (Phi) is 5.80. The van der Waals surface area contributed by atoms with Crippen LogP contribution in [0.25, 0.3) is 0 Å². The predicted molar refractivity (Wildman–Crippen MR) is 99.7 cm³/mol. The van der Waals surface area contributed by atoms with Crippen molar-refractivity contribution in [1.29, 1.82) is 0 Å². The van der Waals surface area contributed by atoms with Crippen molar-refractivity contribution in [3.8, 4) is 5.75 Å². The fourth-order valence-corrected chi connectivity index (χ4v) is 2.60. The zero-order valence-electron chi connectivity index (χ0n) is 14.0. The highest BCUT2D eigenvalue weighted by molar-refractivity contribution is 6.32. The first-order chi connectivity index (χ1) is 12.7. The average Bonchev–Trinajstić information content (AvgIpc) is 2.64. The Hall–Kier alpha value is -2.93. The van der Waals surface area contributed by atoms with Crippen molar-refractivity contribution in [3.63, 3.8) is 0 Å². The van der Waals surface area contributed by atoms with Crippen LogP contribution in [0, 0.1) is 5.82 Å². The van der Waals surface area contributed by atoms with Crippen LogP contribution in [-0.2, 0) is 6.42 Å². The summed E-state index contributed by atoms with van der Waals surface area (Å²) in [7, 11) is 1.55. The van der Waals surface area contributed by atoms with Gasteiger partial charge in [-0.3, -0.25) is 0 Å². The first-order valence-electron chi connectivity index (χ1n) is 7.93. The van der Waals surface area contributed by atoms with E-state index in [0.29, 0.717) is 46.8 Å². The number of methoxy groups -OCH3 is 1. The van der Waals surface area contributed by atoms with Crippen molar-refractivity contribution in [2.75, 3.05) is 24.3 Å². The van der Waals surface area contributed by atoms with Gasteiger partial charge in [0.15, 0.2) is 5.82 Å². The number of ether oxygens (including phenoxy) is 1. The molecule has 0 saturated carbocycles. The maximum Gasteiger partial charge on any atom is 0.249 e. The van der Waals surface area contributed by atoms with E-state index in [4.69, 9.17) is 16.3 Å². The van der Waals surface area contributed by atoms with Crippen LogP contribution in [0.2, 0.25) is 5.02 Å². The Balaban J connectivity index is 1.61. The monoisotopic (exact) mass is 373 g/mol. The third kappa shape index (κ3) is 4.58. The lowest BCUT2D eigenvalue weighted by Gasteiger charge is -2.09. The highest BCUT2D eigenvalue weighted by Crippen LogP contribution is 2.28. The van der Waals surface area contributed by atoms with Gasteiger partial charge in [-0.1, -0.05) is 29.8 Å². The highest BCUT2D eigenvalue weighted by Gasteiger charge is 2.06. The van der Waals surface area contributed by atoms with Gasteiger partial charge in [-0.05, 0) is 36.2 Å². The van der Waals surface area contributed by atoms with E-state index in [-0.39, 0.29) is 5.82 Å². The molecule has 0 amide bonds. The molecule has 0 bridgehead atoms. The van der Waals surface area contributed by atoms with Gasteiger partial charge < -0.3 is 15.4 Å². The summed E-state index contributed by atoms with van der Waals surface area (Å²) in [5, 5.41) is 14.5. The van der Waals surface area contributed by atoms with Crippen molar-refractivity contribution >= 4 is 29.1 Å². The van der Waals surface area contributed by atoms with Crippen LogP contribution in [0.5, 0.6) is 5.75 Å². The predicted octanol–water partition coefficient (Wildman–Crippen LogP) is 4.07. The number of nitrogens with zero attached hydrogens (tertiary/aromatic N) is 3. The van der Waals surface area contributed by atoms with E-state index in [0.717, 1.165) is 0 Å². The van der Waals surface area contributed by atoms with Crippen LogP contribution in [-0.4, -0.2) is 28.8 Å². The van der Waals surface area contributed by atoms with Gasteiger partial charge in [0, 0.05) is 12.2 Å². The second-order valence-corrected chi connectivity index (χ2v) is 5.81. The lowest BCUT2D eigenvalue weighted by molar-refractivity contribution is 0.415. The minimum absolute atomic E-state index is 0.214. The molecule has 8 heteroatoms. The zero-order chi connectivity index (χ0) is 18.4. The van der Waals surface area contributed by atoms with E-state index in [9.17, 15) is 4.39 Å². The maximum atomic E-state index is 13.6. The largest absolute Gasteiger partial charge is 0.495 e. The molecular formula is C18H17ClFN5O. The Labute approximate surface area is 155 Å². The molecule has 0 aliphatic carbocycles. The van der Waals surface area contributed by atoms with E-state index >= 15 is 0 Å². The van der Waals surface area contributed by atoms with Crippen LogP contribution < -0.4 is 15.4 Å². The fourth-order valence-electron chi connectivity index (χ4n) is 2.34. The Morgan fingerprint density at radius 2 is 2.04 bits per heavy atom. The van der Waals surface area contributed by atoms with Gasteiger partial charge in [-0.15, -0.1) is 5.10 Å². The summed E-state index contributed by atoms with van der Waals surface area (Å²) in [5.41, 5.74) is 1.36. The molecule has 0 aliphatic rings. The van der Waals surface area contributed by atoms with E-state index in [2.05, 4.69) is 25.8 Å². The lowest BCUT2D eigenvalue weighted by Crippen LogP contribution is -2.09. The van der Waals surface area contributed by atoms with Gasteiger partial charge in [0.2, 0.25) is 5.95 Å². The molecule has 0 fully saturated rings. The second-order valence-electron chi connectivity index (χ2n) is 5.41. The molecule has 1 aromatic heterocycles. The molecule has 0 unspecified atom stereocenters. The Morgan fingerprint density at radius 3 is 2.81 bits per heavy atom. The smallest absolute Gasteiger partial charge is 0.249 e. The van der Waals surface area contributed by atoms with E-state index in [1.165, 1.54) is 12.3 Å². The molecule has 2 aromatic carbocycles. The number of anilines is 3. The molecule has 2 N–H and O–H groups in total. The van der Waals surface area contributed by atoms with Crippen LogP contribution >= 0.6 is 11.6 Å². The summed E-state index contributed by atoms with van der Waals surface area (Å²) in [4.78, 5) is 4.33. The first kappa shape index (κ1) is 17.9. The number of aromatic nitrogens is 3. The van der Waals surface area contributed by atoms with Gasteiger partial charge in [-0.25, -0.2) is 4.39 Å². The van der Waals surface area contributed by atoms with Gasteiger partial charge in [0.25, 0.3) is 0 Å². The van der Waals surface area contributed by atoms with Crippen LogP contribution in [0.4, 0.5) is 21.8 Å². The quantitative estimate of drug-likeness (QED) is 0.650. The number of nitrogens with one attached hydrogen (secondary N) is 2. The van der Waals surface area contributed by atoms with Crippen molar-refractivity contribution < 1.29 is 9.13 Å². The van der Waals surface area contributed by atoms with Gasteiger partial charge in [0.05, 0.1) is 18.3 Å². The standard InChI is InChI=1S/C18H17ClFN5O/c1-26-16-7-6-13(10-14(16)19)23-18-24-17(11-22-25-18)21-9-8-12-4-2-3-5-15(12)20/h2-7,10-11H,8-9H2,1H3,(H2,21,23,24,25). The Bertz CT molecular complexity index is 893. The normalized spacial score (nSPS) is 10.4. The molecule has 0 saturated heterocycles. The molecule has 0 radical (unpaired) electrons. The fraction of sp³-hybridized carbons (Fsp3) is 0.167. The van der Waals surface area contributed by atoms with Crippen molar-refractivity contribution in [3.05, 3.63) is 65.1 Å². The minimum atomic E-state index is -0.214. The van der Waals surface area contributed by atoms with Gasteiger partial charge in [0.1, 0.15) is 11.6 Å².